The van der Waals surface area contributed by atoms with Gasteiger partial charge in [0.25, 0.3) is 0 Å². The molecule has 0 bridgehead atoms. The predicted octanol–water partition coefficient (Wildman–Crippen LogP) is 2.02. The molecule has 0 unspecified atom stereocenters. The van der Waals surface area contributed by atoms with Crippen LogP contribution in [0.4, 0.5) is 0 Å². The fourth-order valence-electron chi connectivity index (χ4n) is 1.16. The summed E-state index contributed by atoms with van der Waals surface area (Å²) in [6.45, 7) is 3.65. The predicted molar refractivity (Wildman–Crippen MR) is 54.4 cm³/mol. The summed E-state index contributed by atoms with van der Waals surface area (Å²) < 4.78 is 2.04. The van der Waals surface area contributed by atoms with E-state index in [0.717, 1.165) is 12.1 Å². The molecule has 0 fully saturated rings. The molecular weight excluding hydrogens is 172 g/mol. The van der Waals surface area contributed by atoms with Gasteiger partial charge in [0.1, 0.15) is 0 Å². The molecule has 0 radical (unpaired) electrons. The van der Waals surface area contributed by atoms with Gasteiger partial charge in [-0.25, -0.2) is 0 Å². The van der Waals surface area contributed by atoms with Gasteiger partial charge in [-0.3, -0.25) is 0 Å². The number of nitrogens with zero attached hydrogens (tertiary/aromatic N) is 1. The van der Waals surface area contributed by atoms with Gasteiger partial charge in [0.15, 0.2) is 0 Å². The number of nitrogens with two attached hydrogens (primary N) is 1. The van der Waals surface area contributed by atoms with Crippen LogP contribution >= 0.6 is 12.4 Å². The van der Waals surface area contributed by atoms with Gasteiger partial charge in [0.05, 0.1) is 0 Å². The zero-order chi connectivity index (χ0) is 8.27. The fourth-order valence-corrected chi connectivity index (χ4v) is 1.16. The van der Waals surface area contributed by atoms with E-state index in [0.29, 0.717) is 0 Å². The number of hydrogen-bond donors (Lipinski definition) is 1. The Morgan fingerprint density at radius 2 is 2.42 bits per heavy atom. The minimum Gasteiger partial charge on any atom is -0.353 e. The third-order valence-corrected chi connectivity index (χ3v) is 1.78. The van der Waals surface area contributed by atoms with Crippen LogP contribution in [0.2, 0.25) is 0 Å². The maximum atomic E-state index is 5.86. The Labute approximate surface area is 79.5 Å². The maximum absolute atomic E-state index is 5.86. The number of aromatic nitrogens is 1. The molecular formula is C9H15ClN2. The Hall–Kier alpha value is -0.730. The van der Waals surface area contributed by atoms with E-state index >= 15 is 0 Å². The van der Waals surface area contributed by atoms with Gasteiger partial charge in [0, 0.05) is 25.0 Å². The highest BCUT2D eigenvalue weighted by Crippen LogP contribution is 2.13. The molecule has 12 heavy (non-hydrogen) atoms. The van der Waals surface area contributed by atoms with E-state index in [4.69, 9.17) is 5.73 Å². The van der Waals surface area contributed by atoms with Crippen molar-refractivity contribution in [2.75, 3.05) is 0 Å². The molecule has 0 aliphatic carbocycles. The summed E-state index contributed by atoms with van der Waals surface area (Å²) in [5, 5.41) is 0. The molecule has 68 valence electrons. The first-order valence-corrected chi connectivity index (χ1v) is 3.73. The quantitative estimate of drug-likeness (QED) is 0.720. The monoisotopic (exact) mass is 186 g/mol. The highest BCUT2D eigenvalue weighted by atomic mass is 35.5. The van der Waals surface area contributed by atoms with Gasteiger partial charge >= 0.3 is 0 Å². The average molecular weight is 187 g/mol. The second-order valence-corrected chi connectivity index (χ2v) is 2.67. The van der Waals surface area contributed by atoms with Crippen molar-refractivity contribution < 1.29 is 0 Å². The number of hydrogen-bond acceptors (Lipinski definition) is 1. The summed E-state index contributed by atoms with van der Waals surface area (Å²) >= 11 is 0. The highest BCUT2D eigenvalue weighted by Gasteiger charge is 2.05. The van der Waals surface area contributed by atoms with Crippen LogP contribution in [0.15, 0.2) is 31.0 Å². The molecule has 2 N–H and O–H groups in total. The second kappa shape index (κ2) is 5.01. The molecule has 0 amide bonds. The van der Waals surface area contributed by atoms with Crippen molar-refractivity contribution >= 4 is 12.4 Å². The van der Waals surface area contributed by atoms with E-state index in [-0.39, 0.29) is 18.4 Å². The molecule has 1 atom stereocenters. The molecule has 0 aliphatic heterocycles. The van der Waals surface area contributed by atoms with Crippen LogP contribution in [-0.2, 0) is 7.05 Å². The summed E-state index contributed by atoms with van der Waals surface area (Å²) in [6.07, 6.45) is 4.67. The van der Waals surface area contributed by atoms with Crippen LogP contribution in [0.3, 0.4) is 0 Å². The smallest absolute Gasteiger partial charge is 0.0484 e. The molecule has 1 heterocycles. The van der Waals surface area contributed by atoms with Crippen LogP contribution < -0.4 is 5.73 Å². The van der Waals surface area contributed by atoms with E-state index in [2.05, 4.69) is 6.58 Å². The van der Waals surface area contributed by atoms with Crippen LogP contribution in [-0.4, -0.2) is 4.57 Å². The molecule has 0 aromatic carbocycles. The SMILES string of the molecule is C=CC[C@H](N)c1cccn1C.Cl. The van der Waals surface area contributed by atoms with E-state index < -0.39 is 0 Å². The first-order valence-electron chi connectivity index (χ1n) is 3.73. The Morgan fingerprint density at radius 3 is 2.83 bits per heavy atom. The zero-order valence-electron chi connectivity index (χ0n) is 7.23. The number of aryl methyl sites for hydroxylation is 1. The average Bonchev–Trinajstić information content (AvgIpc) is 2.36. The van der Waals surface area contributed by atoms with Crippen molar-refractivity contribution in [3.05, 3.63) is 36.7 Å². The molecule has 1 aromatic rings. The third-order valence-electron chi connectivity index (χ3n) is 1.78. The Kier molecular flexibility index (Phi) is 4.71. The summed E-state index contributed by atoms with van der Waals surface area (Å²) in [6, 6.07) is 4.12. The maximum Gasteiger partial charge on any atom is 0.0484 e. The van der Waals surface area contributed by atoms with Gasteiger partial charge in [0.2, 0.25) is 0 Å². The van der Waals surface area contributed by atoms with E-state index in [1.54, 1.807) is 0 Å². The second-order valence-electron chi connectivity index (χ2n) is 2.67. The topological polar surface area (TPSA) is 30.9 Å². The molecule has 3 heteroatoms. The van der Waals surface area contributed by atoms with Crippen molar-refractivity contribution in [1.29, 1.82) is 0 Å². The molecule has 0 saturated heterocycles. The zero-order valence-corrected chi connectivity index (χ0v) is 8.05. The molecule has 0 spiro atoms. The standard InChI is InChI=1S/C9H14N2.ClH/c1-3-5-8(10)9-6-4-7-11(9)2;/h3-4,6-8H,1,5,10H2,2H3;1H/t8-;/m0./s1. The van der Waals surface area contributed by atoms with E-state index in [9.17, 15) is 0 Å². The normalized spacial score (nSPS) is 11.8. The van der Waals surface area contributed by atoms with Gasteiger partial charge in [-0.15, -0.1) is 19.0 Å². The molecule has 0 saturated carbocycles. The highest BCUT2D eigenvalue weighted by molar-refractivity contribution is 5.85. The van der Waals surface area contributed by atoms with Crippen LogP contribution in [0.1, 0.15) is 18.2 Å². The molecule has 1 aromatic heterocycles. The lowest BCUT2D eigenvalue weighted by Crippen LogP contribution is -2.12. The summed E-state index contributed by atoms with van der Waals surface area (Å²) in [7, 11) is 2.00. The number of rotatable bonds is 3. The Balaban J connectivity index is 0.00000121. The van der Waals surface area contributed by atoms with Crippen molar-refractivity contribution in [1.82, 2.24) is 4.57 Å². The third kappa shape index (κ3) is 2.40. The van der Waals surface area contributed by atoms with Gasteiger partial charge in [-0.2, -0.15) is 0 Å². The molecule has 2 nitrogen and oxygen atoms in total. The van der Waals surface area contributed by atoms with Crippen molar-refractivity contribution in [2.24, 2.45) is 12.8 Å². The van der Waals surface area contributed by atoms with Gasteiger partial charge < -0.3 is 10.3 Å². The first-order chi connectivity index (χ1) is 5.25. The van der Waals surface area contributed by atoms with Crippen LogP contribution in [0, 0.1) is 0 Å². The van der Waals surface area contributed by atoms with Crippen molar-refractivity contribution in [3.8, 4) is 0 Å². The van der Waals surface area contributed by atoms with Crippen LogP contribution in [0.5, 0.6) is 0 Å². The van der Waals surface area contributed by atoms with Crippen molar-refractivity contribution in [3.63, 3.8) is 0 Å². The summed E-state index contributed by atoms with van der Waals surface area (Å²) in [5.74, 6) is 0. The number of halogens is 1. The van der Waals surface area contributed by atoms with E-state index in [1.165, 1.54) is 0 Å². The molecule has 1 rings (SSSR count). The fraction of sp³-hybridized carbons (Fsp3) is 0.333. The van der Waals surface area contributed by atoms with Crippen LogP contribution in [0.25, 0.3) is 0 Å². The van der Waals surface area contributed by atoms with Gasteiger partial charge in [-0.05, 0) is 18.6 Å². The minimum atomic E-state index is 0. The van der Waals surface area contributed by atoms with Gasteiger partial charge in [-0.1, -0.05) is 6.08 Å². The minimum absolute atomic E-state index is 0. The van der Waals surface area contributed by atoms with E-state index in [1.807, 2.05) is 36.0 Å². The largest absolute Gasteiger partial charge is 0.353 e. The Morgan fingerprint density at radius 1 is 1.75 bits per heavy atom. The summed E-state index contributed by atoms with van der Waals surface area (Å²) in [5.41, 5.74) is 7.02. The van der Waals surface area contributed by atoms with Crippen molar-refractivity contribution in [2.45, 2.75) is 12.5 Å². The first kappa shape index (κ1) is 11.3. The Bertz CT molecular complexity index is 242. The lowest BCUT2D eigenvalue weighted by Gasteiger charge is -2.09. The summed E-state index contributed by atoms with van der Waals surface area (Å²) in [4.78, 5) is 0. The lowest BCUT2D eigenvalue weighted by molar-refractivity contribution is 0.668. The lowest BCUT2D eigenvalue weighted by atomic mass is 10.1. The molecule has 0 aliphatic rings.